The van der Waals surface area contributed by atoms with Gasteiger partial charge in [0.25, 0.3) is 5.91 Å². The molecule has 2 aliphatic heterocycles. The lowest BCUT2D eigenvalue weighted by atomic mass is 9.99. The smallest absolute Gasteiger partial charge is 0.255 e. The van der Waals surface area contributed by atoms with E-state index in [2.05, 4.69) is 35.9 Å². The van der Waals surface area contributed by atoms with Crippen molar-refractivity contribution in [2.24, 2.45) is 0 Å². The zero-order valence-corrected chi connectivity index (χ0v) is 24.2. The van der Waals surface area contributed by atoms with E-state index in [1.54, 1.807) is 26.4 Å². The summed E-state index contributed by atoms with van der Waals surface area (Å²) in [4.78, 5) is 20.8. The minimum Gasteiger partial charge on any atom is -0.493 e. The number of allylic oxidation sites excluding steroid dienone is 2. The molecule has 0 aliphatic carbocycles. The van der Waals surface area contributed by atoms with Gasteiger partial charge in [-0.1, -0.05) is 50.4 Å². The predicted octanol–water partition coefficient (Wildman–Crippen LogP) is 5.64. The van der Waals surface area contributed by atoms with E-state index < -0.39 is 0 Å². The third-order valence-corrected chi connectivity index (χ3v) is 7.93. The van der Waals surface area contributed by atoms with Crippen molar-refractivity contribution in [3.63, 3.8) is 0 Å². The molecule has 0 spiro atoms. The van der Waals surface area contributed by atoms with Crippen molar-refractivity contribution >= 4 is 11.6 Å². The van der Waals surface area contributed by atoms with Crippen LogP contribution in [0.4, 0.5) is 5.69 Å². The highest BCUT2D eigenvalue weighted by Crippen LogP contribution is 2.40. The molecule has 7 nitrogen and oxygen atoms in total. The second-order valence-electron chi connectivity index (χ2n) is 10.2. The number of nitrogens with zero attached hydrogens (tertiary/aromatic N) is 3. The Hall–Kier alpha value is -3.55. The number of carbonyl (C=O) groups excluding carboxylic acids is 1. The summed E-state index contributed by atoms with van der Waals surface area (Å²) >= 11 is 0. The maximum atomic E-state index is 13.9. The standard InChI is InChI=1S/C33H43N3O4/c1-6-11-25(7-2)24-40-21-10-14-29(26-15-16-31(38-4)32(22-26)39-5)36-23-28-27(33(36)37)12-9-13-30(28)35-19-17-34(8-3)18-20-35/h6-7,9,11-13,15-16,22,29H,1-2,8,10,14,17-21,23-24H2,3-5H3/b25-11+/t29-/m1/s1. The molecule has 1 fully saturated rings. The largest absolute Gasteiger partial charge is 0.493 e. The van der Waals surface area contributed by atoms with Crippen LogP contribution in [0.25, 0.3) is 0 Å². The van der Waals surface area contributed by atoms with Gasteiger partial charge in [-0.15, -0.1) is 0 Å². The van der Waals surface area contributed by atoms with E-state index in [-0.39, 0.29) is 11.9 Å². The lowest BCUT2D eigenvalue weighted by Gasteiger charge is -2.36. The molecule has 0 aromatic heterocycles. The van der Waals surface area contributed by atoms with Crippen molar-refractivity contribution < 1.29 is 19.0 Å². The quantitative estimate of drug-likeness (QED) is 0.226. The highest BCUT2D eigenvalue weighted by molar-refractivity contribution is 6.00. The summed E-state index contributed by atoms with van der Waals surface area (Å²) in [6.45, 7) is 16.5. The van der Waals surface area contributed by atoms with Gasteiger partial charge >= 0.3 is 0 Å². The van der Waals surface area contributed by atoms with Gasteiger partial charge in [-0.05, 0) is 54.8 Å². The molecule has 0 saturated carbocycles. The molecular weight excluding hydrogens is 502 g/mol. The SMILES string of the molecule is C=C/C=C(\C=C)COCCC[C@H](c1ccc(OC)c(OC)c1)N1Cc2c(cccc2N2CCN(CC)CC2)C1=O. The Labute approximate surface area is 239 Å². The van der Waals surface area contributed by atoms with E-state index in [9.17, 15) is 4.79 Å². The van der Waals surface area contributed by atoms with Crippen molar-refractivity contribution in [2.45, 2.75) is 32.4 Å². The normalized spacial score (nSPS) is 16.6. The van der Waals surface area contributed by atoms with Crippen LogP contribution in [-0.2, 0) is 11.3 Å². The van der Waals surface area contributed by atoms with Crippen molar-refractivity contribution in [1.29, 1.82) is 0 Å². The molecule has 0 N–H and O–H groups in total. The summed E-state index contributed by atoms with van der Waals surface area (Å²) in [6.07, 6.45) is 6.98. The number of benzene rings is 2. The number of amides is 1. The van der Waals surface area contributed by atoms with Crippen LogP contribution >= 0.6 is 0 Å². The molecule has 1 amide bonds. The fourth-order valence-corrected chi connectivity index (χ4v) is 5.65. The second-order valence-corrected chi connectivity index (χ2v) is 10.2. The minimum atomic E-state index is -0.129. The summed E-state index contributed by atoms with van der Waals surface area (Å²) in [5.74, 6) is 1.40. The Morgan fingerprint density at radius 2 is 1.82 bits per heavy atom. The van der Waals surface area contributed by atoms with Crippen molar-refractivity contribution in [3.8, 4) is 11.5 Å². The average Bonchev–Trinajstić information content (AvgIpc) is 3.34. The first kappa shape index (κ1) is 29.4. The molecule has 2 aromatic carbocycles. The lowest BCUT2D eigenvalue weighted by Crippen LogP contribution is -2.46. The molecule has 214 valence electrons. The second kappa shape index (κ2) is 14.2. The van der Waals surface area contributed by atoms with E-state index in [1.807, 2.05) is 41.3 Å². The lowest BCUT2D eigenvalue weighted by molar-refractivity contribution is 0.0672. The summed E-state index contributed by atoms with van der Waals surface area (Å²) < 4.78 is 17.0. The van der Waals surface area contributed by atoms with Crippen LogP contribution in [0.5, 0.6) is 11.5 Å². The van der Waals surface area contributed by atoms with Gasteiger partial charge < -0.3 is 28.9 Å². The first-order valence-electron chi connectivity index (χ1n) is 14.2. The number of likely N-dealkylation sites (N-methyl/N-ethyl adjacent to an activating group) is 1. The molecule has 2 aromatic rings. The molecule has 40 heavy (non-hydrogen) atoms. The van der Waals surface area contributed by atoms with E-state index >= 15 is 0 Å². The number of methoxy groups -OCH3 is 2. The fourth-order valence-electron chi connectivity index (χ4n) is 5.65. The van der Waals surface area contributed by atoms with Crippen LogP contribution in [0.3, 0.4) is 0 Å². The number of hydrogen-bond donors (Lipinski definition) is 0. The number of anilines is 1. The summed E-state index contributed by atoms with van der Waals surface area (Å²) in [5.41, 5.74) is 5.13. The Balaban J connectivity index is 1.56. The van der Waals surface area contributed by atoms with E-state index in [0.717, 1.165) is 67.8 Å². The molecule has 4 rings (SSSR count). The monoisotopic (exact) mass is 545 g/mol. The van der Waals surface area contributed by atoms with Gasteiger partial charge in [0.05, 0.1) is 26.9 Å². The van der Waals surface area contributed by atoms with Crippen LogP contribution in [0.2, 0.25) is 0 Å². The zero-order valence-electron chi connectivity index (χ0n) is 24.2. The molecule has 1 atom stereocenters. The predicted molar refractivity (Wildman–Crippen MR) is 161 cm³/mol. The van der Waals surface area contributed by atoms with Gasteiger partial charge in [0.2, 0.25) is 0 Å². The fraction of sp³-hybridized carbons (Fsp3) is 0.424. The summed E-state index contributed by atoms with van der Waals surface area (Å²) in [7, 11) is 3.27. The molecule has 0 radical (unpaired) electrons. The first-order chi connectivity index (χ1) is 19.5. The van der Waals surface area contributed by atoms with Gasteiger partial charge in [0.15, 0.2) is 11.5 Å². The number of ether oxygens (including phenoxy) is 3. The molecular formula is C33H43N3O4. The highest BCUT2D eigenvalue weighted by atomic mass is 16.5. The average molecular weight is 546 g/mol. The number of hydrogen-bond acceptors (Lipinski definition) is 6. The van der Waals surface area contributed by atoms with Gasteiger partial charge in [-0.3, -0.25) is 4.79 Å². The van der Waals surface area contributed by atoms with Crippen LogP contribution in [0, 0.1) is 0 Å². The molecule has 0 unspecified atom stereocenters. The van der Waals surface area contributed by atoms with Crippen LogP contribution < -0.4 is 14.4 Å². The Bertz CT molecular complexity index is 1220. The summed E-state index contributed by atoms with van der Waals surface area (Å²) in [6, 6.07) is 12.0. The number of fused-ring (bicyclic) bond motifs is 1. The molecule has 0 bridgehead atoms. The van der Waals surface area contributed by atoms with Crippen LogP contribution in [0.1, 0.15) is 47.3 Å². The number of carbonyl (C=O) groups is 1. The van der Waals surface area contributed by atoms with Gasteiger partial charge in [0, 0.05) is 56.1 Å². The van der Waals surface area contributed by atoms with Crippen molar-refractivity contribution in [3.05, 3.63) is 90.0 Å². The number of rotatable bonds is 14. The maximum absolute atomic E-state index is 13.9. The third kappa shape index (κ3) is 6.60. The van der Waals surface area contributed by atoms with Crippen LogP contribution in [-0.4, -0.2) is 75.9 Å². The number of piperazine rings is 1. The van der Waals surface area contributed by atoms with E-state index in [4.69, 9.17) is 14.2 Å². The topological polar surface area (TPSA) is 54.5 Å². The zero-order chi connectivity index (χ0) is 28.5. The third-order valence-electron chi connectivity index (χ3n) is 7.93. The Kier molecular flexibility index (Phi) is 10.4. The maximum Gasteiger partial charge on any atom is 0.255 e. The Morgan fingerprint density at radius 1 is 1.05 bits per heavy atom. The Morgan fingerprint density at radius 3 is 2.50 bits per heavy atom. The molecule has 1 saturated heterocycles. The highest BCUT2D eigenvalue weighted by Gasteiger charge is 2.36. The van der Waals surface area contributed by atoms with E-state index in [1.165, 1.54) is 5.69 Å². The van der Waals surface area contributed by atoms with Crippen LogP contribution in [0.15, 0.2) is 73.4 Å². The van der Waals surface area contributed by atoms with Gasteiger partial charge in [0.1, 0.15) is 0 Å². The minimum absolute atomic E-state index is 0.0765. The molecule has 7 heteroatoms. The first-order valence-corrected chi connectivity index (χ1v) is 14.2. The van der Waals surface area contributed by atoms with Crippen molar-refractivity contribution in [1.82, 2.24) is 9.80 Å². The summed E-state index contributed by atoms with van der Waals surface area (Å²) in [5, 5.41) is 0. The van der Waals surface area contributed by atoms with Gasteiger partial charge in [-0.2, -0.15) is 0 Å². The molecule has 2 heterocycles. The van der Waals surface area contributed by atoms with E-state index in [0.29, 0.717) is 31.3 Å². The molecule has 2 aliphatic rings. The van der Waals surface area contributed by atoms with Crippen molar-refractivity contribution in [2.75, 3.05) is 65.1 Å². The van der Waals surface area contributed by atoms with Gasteiger partial charge in [-0.25, -0.2) is 0 Å².